The van der Waals surface area contributed by atoms with E-state index in [-0.39, 0.29) is 12.2 Å². The summed E-state index contributed by atoms with van der Waals surface area (Å²) in [6.07, 6.45) is 6.79. The fourth-order valence-corrected chi connectivity index (χ4v) is 3.60. The first-order valence-corrected chi connectivity index (χ1v) is 10.0. The summed E-state index contributed by atoms with van der Waals surface area (Å²) in [5.74, 6) is 0. The number of aryl methyl sites for hydroxylation is 1. The predicted molar refractivity (Wildman–Crippen MR) is 119 cm³/mol. The van der Waals surface area contributed by atoms with Gasteiger partial charge < -0.3 is 0 Å². The molecule has 0 saturated heterocycles. The van der Waals surface area contributed by atoms with Crippen LogP contribution in [0.5, 0.6) is 0 Å². The molecule has 5 rings (SSSR count). The average Bonchev–Trinajstić information content (AvgIpc) is 3.11. The van der Waals surface area contributed by atoms with Crippen molar-refractivity contribution in [2.75, 3.05) is 0 Å². The Morgan fingerprint density at radius 1 is 0.935 bits per heavy atom. The zero-order valence-corrected chi connectivity index (χ0v) is 17.4. The van der Waals surface area contributed by atoms with Crippen LogP contribution in [0.15, 0.2) is 78.1 Å². The molecule has 0 fully saturated rings. The fourth-order valence-electron chi connectivity index (χ4n) is 3.49. The second-order valence-corrected chi connectivity index (χ2v) is 7.59. The first-order chi connectivity index (χ1) is 15.1. The Bertz CT molecular complexity index is 1420. The summed E-state index contributed by atoms with van der Waals surface area (Å²) >= 11 is 5.87. The number of pyridine rings is 2. The monoisotopic (exact) mass is 428 g/mol. The lowest BCUT2D eigenvalue weighted by molar-refractivity contribution is 0.649. The first-order valence-electron chi connectivity index (χ1n) is 9.67. The maximum atomic E-state index is 13.0. The van der Waals surface area contributed by atoms with Gasteiger partial charge in [-0.25, -0.2) is 14.5 Å². The van der Waals surface area contributed by atoms with Crippen molar-refractivity contribution in [3.05, 3.63) is 100 Å². The van der Waals surface area contributed by atoms with E-state index in [0.717, 1.165) is 27.8 Å². The largest absolute Gasteiger partial charge is 0.367 e. The van der Waals surface area contributed by atoms with Gasteiger partial charge in [0.25, 0.3) is 0 Å². The molecule has 0 saturated carbocycles. The highest BCUT2D eigenvalue weighted by atomic mass is 35.5. The Kier molecular flexibility index (Phi) is 4.80. The minimum absolute atomic E-state index is 0.266. The summed E-state index contributed by atoms with van der Waals surface area (Å²) in [5.41, 5.74) is 5.77. The van der Waals surface area contributed by atoms with Gasteiger partial charge in [-0.3, -0.25) is 4.98 Å². The van der Waals surface area contributed by atoms with Gasteiger partial charge in [0.2, 0.25) is 0 Å². The van der Waals surface area contributed by atoms with Crippen LogP contribution in [0, 0.1) is 6.92 Å². The minimum Gasteiger partial charge on any atom is -0.265 e. The van der Waals surface area contributed by atoms with E-state index in [2.05, 4.69) is 20.2 Å². The number of halogens is 1. The summed E-state index contributed by atoms with van der Waals surface area (Å²) in [5, 5.41) is 9.44. The lowest BCUT2D eigenvalue weighted by Crippen LogP contribution is -2.23. The van der Waals surface area contributed by atoms with E-state index < -0.39 is 0 Å². The molecule has 8 heteroatoms. The molecule has 0 aliphatic heterocycles. The fraction of sp³-hybridized carbons (Fsp3) is 0.0870. The number of hydrogen-bond acceptors (Lipinski definition) is 5. The van der Waals surface area contributed by atoms with E-state index in [1.54, 1.807) is 30.9 Å². The van der Waals surface area contributed by atoms with Crippen LogP contribution in [-0.2, 0) is 6.54 Å². The van der Waals surface area contributed by atoms with E-state index in [0.29, 0.717) is 10.8 Å². The second kappa shape index (κ2) is 7.77. The molecule has 4 aromatic heterocycles. The van der Waals surface area contributed by atoms with Crippen molar-refractivity contribution >= 4 is 17.2 Å². The van der Waals surface area contributed by atoms with Crippen molar-refractivity contribution in [1.82, 2.24) is 29.4 Å². The highest BCUT2D eigenvalue weighted by molar-refractivity contribution is 6.29. The van der Waals surface area contributed by atoms with Crippen molar-refractivity contribution in [3.63, 3.8) is 0 Å². The van der Waals surface area contributed by atoms with Gasteiger partial charge >= 0.3 is 5.69 Å². The van der Waals surface area contributed by atoms with Crippen molar-refractivity contribution in [1.29, 1.82) is 0 Å². The van der Waals surface area contributed by atoms with Gasteiger partial charge in [0.1, 0.15) is 5.15 Å². The molecule has 31 heavy (non-hydrogen) atoms. The van der Waals surface area contributed by atoms with Crippen molar-refractivity contribution < 1.29 is 0 Å². The maximum Gasteiger partial charge on any atom is 0.367 e. The lowest BCUT2D eigenvalue weighted by atomic mass is 9.97. The SMILES string of the molecule is Cc1ccc(-c2cnn3c(=O)n(Cc4ccc(Cl)nc4)nc3c2-c2ccncc2)cc1. The van der Waals surface area contributed by atoms with Crippen LogP contribution in [0.4, 0.5) is 0 Å². The predicted octanol–water partition coefficient (Wildman–Crippen LogP) is 4.03. The minimum atomic E-state index is -0.323. The van der Waals surface area contributed by atoms with Crippen molar-refractivity contribution in [2.45, 2.75) is 13.5 Å². The maximum absolute atomic E-state index is 13.0. The quantitative estimate of drug-likeness (QED) is 0.404. The van der Waals surface area contributed by atoms with Crippen LogP contribution in [0.1, 0.15) is 11.1 Å². The van der Waals surface area contributed by atoms with E-state index in [1.165, 1.54) is 14.8 Å². The zero-order valence-electron chi connectivity index (χ0n) is 16.6. The first kappa shape index (κ1) is 19.1. The van der Waals surface area contributed by atoms with Crippen LogP contribution < -0.4 is 5.69 Å². The summed E-state index contributed by atoms with van der Waals surface area (Å²) < 4.78 is 2.72. The van der Waals surface area contributed by atoms with Gasteiger partial charge in [-0.15, -0.1) is 5.10 Å². The third-order valence-corrected chi connectivity index (χ3v) is 5.29. The third kappa shape index (κ3) is 3.60. The van der Waals surface area contributed by atoms with Crippen molar-refractivity contribution in [2.24, 2.45) is 0 Å². The Balaban J connectivity index is 1.73. The van der Waals surface area contributed by atoms with Gasteiger partial charge in [0, 0.05) is 29.7 Å². The van der Waals surface area contributed by atoms with Crippen molar-refractivity contribution in [3.8, 4) is 22.3 Å². The number of aromatic nitrogens is 6. The van der Waals surface area contributed by atoms with Gasteiger partial charge in [-0.05, 0) is 41.8 Å². The normalized spacial score (nSPS) is 11.2. The van der Waals surface area contributed by atoms with E-state index >= 15 is 0 Å². The second-order valence-electron chi connectivity index (χ2n) is 7.20. The molecule has 0 amide bonds. The third-order valence-electron chi connectivity index (χ3n) is 5.07. The molecule has 0 N–H and O–H groups in total. The van der Waals surface area contributed by atoms with Crippen LogP contribution in [0.25, 0.3) is 27.9 Å². The molecule has 0 aliphatic carbocycles. The average molecular weight is 429 g/mol. The Labute approximate surface area is 182 Å². The zero-order chi connectivity index (χ0) is 21.4. The van der Waals surface area contributed by atoms with E-state index in [1.807, 2.05) is 49.4 Å². The number of hydrogen-bond donors (Lipinski definition) is 0. The molecule has 7 nitrogen and oxygen atoms in total. The molecular weight excluding hydrogens is 412 g/mol. The summed E-state index contributed by atoms with van der Waals surface area (Å²) in [7, 11) is 0. The van der Waals surface area contributed by atoms with E-state index in [4.69, 9.17) is 11.6 Å². The summed E-state index contributed by atoms with van der Waals surface area (Å²) in [6, 6.07) is 15.5. The molecule has 4 heterocycles. The summed E-state index contributed by atoms with van der Waals surface area (Å²) in [6.45, 7) is 2.31. The Morgan fingerprint density at radius 3 is 2.42 bits per heavy atom. The highest BCUT2D eigenvalue weighted by Crippen LogP contribution is 2.33. The molecule has 152 valence electrons. The lowest BCUT2D eigenvalue weighted by Gasteiger charge is -2.10. The van der Waals surface area contributed by atoms with Gasteiger partial charge in [0.15, 0.2) is 5.65 Å². The molecule has 0 atom stereocenters. The molecular formula is C23H17ClN6O. The highest BCUT2D eigenvalue weighted by Gasteiger charge is 2.18. The topological polar surface area (TPSA) is 78.0 Å². The molecule has 1 aromatic carbocycles. The number of fused-ring (bicyclic) bond motifs is 1. The molecule has 0 bridgehead atoms. The van der Waals surface area contributed by atoms with Gasteiger partial charge in [-0.1, -0.05) is 47.5 Å². The molecule has 0 radical (unpaired) electrons. The molecule has 0 aliphatic rings. The molecule has 0 unspecified atom stereocenters. The van der Waals surface area contributed by atoms with E-state index in [9.17, 15) is 4.79 Å². The Morgan fingerprint density at radius 2 is 1.71 bits per heavy atom. The van der Waals surface area contributed by atoms with Crippen LogP contribution >= 0.6 is 11.6 Å². The standard InChI is InChI=1S/C23H17ClN6O/c1-15-2-5-17(6-3-15)19-13-27-30-22(21(19)18-8-10-25-11-9-18)28-29(23(30)31)14-16-4-7-20(24)26-12-16/h2-13H,14H2,1H3. The van der Waals surface area contributed by atoms with Crippen LogP contribution in [0.2, 0.25) is 5.15 Å². The molecule has 0 spiro atoms. The smallest absolute Gasteiger partial charge is 0.265 e. The molecule has 5 aromatic rings. The number of benzene rings is 1. The summed E-state index contributed by atoms with van der Waals surface area (Å²) in [4.78, 5) is 21.2. The van der Waals surface area contributed by atoms with Crippen LogP contribution in [-0.4, -0.2) is 29.4 Å². The van der Waals surface area contributed by atoms with Crippen LogP contribution in [0.3, 0.4) is 0 Å². The number of rotatable bonds is 4. The van der Waals surface area contributed by atoms with Gasteiger partial charge in [0.05, 0.1) is 12.7 Å². The number of nitrogens with zero attached hydrogens (tertiary/aromatic N) is 6. The van der Waals surface area contributed by atoms with Gasteiger partial charge in [-0.2, -0.15) is 9.61 Å². The Hall–Kier alpha value is -3.84.